The third-order valence-corrected chi connectivity index (χ3v) is 3.54. The van der Waals surface area contributed by atoms with Crippen LogP contribution in [0, 0.1) is 5.41 Å². The molecule has 1 aromatic heterocycles. The molecule has 5 nitrogen and oxygen atoms in total. The van der Waals surface area contributed by atoms with E-state index in [9.17, 15) is 4.79 Å². The van der Waals surface area contributed by atoms with Gasteiger partial charge in [0, 0.05) is 12.6 Å². The van der Waals surface area contributed by atoms with Crippen molar-refractivity contribution < 1.29 is 4.79 Å². The van der Waals surface area contributed by atoms with Crippen molar-refractivity contribution in [3.63, 3.8) is 0 Å². The molecule has 1 fully saturated rings. The second-order valence-corrected chi connectivity index (χ2v) is 5.27. The first kappa shape index (κ1) is 12.1. The molecule has 1 aromatic rings. The second-order valence-electron chi connectivity index (χ2n) is 5.27. The fourth-order valence-corrected chi connectivity index (χ4v) is 2.29. The summed E-state index contributed by atoms with van der Waals surface area (Å²) in [6.07, 6.45) is 5.45. The van der Waals surface area contributed by atoms with E-state index in [0.717, 1.165) is 6.54 Å². The Morgan fingerprint density at radius 2 is 2.47 bits per heavy atom. The number of carbonyl (C=O) groups excluding carboxylic acids is 1. The first-order valence-corrected chi connectivity index (χ1v) is 6.09. The van der Waals surface area contributed by atoms with E-state index < -0.39 is 0 Å². The Bertz CT molecular complexity index is 372. The highest BCUT2D eigenvalue weighted by Gasteiger charge is 2.31. The lowest BCUT2D eigenvalue weighted by Crippen LogP contribution is -2.52. The minimum Gasteiger partial charge on any atom is -0.349 e. The zero-order valence-corrected chi connectivity index (χ0v) is 10.4. The number of nitrogens with one attached hydrogen (secondary N) is 3. The molecule has 17 heavy (non-hydrogen) atoms. The molecule has 1 aliphatic rings. The van der Waals surface area contributed by atoms with E-state index in [4.69, 9.17) is 0 Å². The average Bonchev–Trinajstić information content (AvgIpc) is 2.80. The quantitative estimate of drug-likeness (QED) is 0.731. The minimum absolute atomic E-state index is 0.0920. The Morgan fingerprint density at radius 1 is 1.65 bits per heavy atom. The molecular weight excluding hydrogens is 216 g/mol. The van der Waals surface area contributed by atoms with Crippen LogP contribution >= 0.6 is 0 Å². The van der Waals surface area contributed by atoms with Gasteiger partial charge >= 0.3 is 0 Å². The molecule has 1 unspecified atom stereocenters. The van der Waals surface area contributed by atoms with Crippen LogP contribution in [0.25, 0.3) is 0 Å². The van der Waals surface area contributed by atoms with Crippen LogP contribution < -0.4 is 10.6 Å². The van der Waals surface area contributed by atoms with Gasteiger partial charge < -0.3 is 15.6 Å². The zero-order chi connectivity index (χ0) is 12.3. The number of imidazole rings is 1. The highest BCUT2D eigenvalue weighted by molar-refractivity contribution is 5.91. The summed E-state index contributed by atoms with van der Waals surface area (Å²) in [6, 6.07) is 0.336. The summed E-state index contributed by atoms with van der Waals surface area (Å²) in [4.78, 5) is 18.4. The van der Waals surface area contributed by atoms with Crippen LogP contribution in [-0.2, 0) is 0 Å². The van der Waals surface area contributed by atoms with E-state index in [1.165, 1.54) is 25.4 Å². The highest BCUT2D eigenvalue weighted by Crippen LogP contribution is 2.29. The Hall–Kier alpha value is -1.36. The van der Waals surface area contributed by atoms with Gasteiger partial charge in [0.2, 0.25) is 0 Å². The lowest BCUT2D eigenvalue weighted by Gasteiger charge is -2.39. The molecule has 0 spiro atoms. The van der Waals surface area contributed by atoms with Gasteiger partial charge in [-0.1, -0.05) is 13.8 Å². The fourth-order valence-electron chi connectivity index (χ4n) is 2.29. The molecule has 1 saturated heterocycles. The van der Waals surface area contributed by atoms with Gasteiger partial charge in [0.25, 0.3) is 5.91 Å². The van der Waals surface area contributed by atoms with E-state index in [1.54, 1.807) is 0 Å². The van der Waals surface area contributed by atoms with Crippen molar-refractivity contribution in [1.82, 2.24) is 20.6 Å². The maximum absolute atomic E-state index is 11.7. The Morgan fingerprint density at radius 3 is 3.12 bits per heavy atom. The number of aromatic nitrogens is 2. The molecule has 0 saturated carbocycles. The van der Waals surface area contributed by atoms with Crippen LogP contribution in [0.4, 0.5) is 0 Å². The Balaban J connectivity index is 1.87. The van der Waals surface area contributed by atoms with Gasteiger partial charge in [-0.2, -0.15) is 0 Å². The molecule has 0 aliphatic carbocycles. The number of piperidine rings is 1. The maximum atomic E-state index is 11.7. The number of H-pyrrole nitrogens is 1. The first-order valence-electron chi connectivity index (χ1n) is 6.09. The zero-order valence-electron chi connectivity index (χ0n) is 10.4. The van der Waals surface area contributed by atoms with Gasteiger partial charge in [0.15, 0.2) is 0 Å². The van der Waals surface area contributed by atoms with Crippen LogP contribution in [0.2, 0.25) is 0 Å². The van der Waals surface area contributed by atoms with Crippen molar-refractivity contribution in [1.29, 1.82) is 0 Å². The number of hydrogen-bond acceptors (Lipinski definition) is 3. The van der Waals surface area contributed by atoms with Gasteiger partial charge in [0.05, 0.1) is 12.5 Å². The normalized spacial score (nSPS) is 23.3. The average molecular weight is 236 g/mol. The number of rotatable bonds is 3. The van der Waals surface area contributed by atoms with E-state index in [1.807, 2.05) is 0 Å². The monoisotopic (exact) mass is 236 g/mol. The highest BCUT2D eigenvalue weighted by atomic mass is 16.1. The summed E-state index contributed by atoms with van der Waals surface area (Å²) in [5, 5.41) is 6.41. The van der Waals surface area contributed by atoms with Crippen LogP contribution in [0.5, 0.6) is 0 Å². The molecule has 1 amide bonds. The molecule has 0 bridgehead atoms. The van der Waals surface area contributed by atoms with Crippen LogP contribution in [0.3, 0.4) is 0 Å². The Labute approximate surface area is 101 Å². The van der Waals surface area contributed by atoms with Crippen molar-refractivity contribution >= 4 is 5.91 Å². The molecule has 1 atom stereocenters. The number of hydrogen-bond donors (Lipinski definition) is 3. The molecule has 5 heteroatoms. The molecule has 0 aromatic carbocycles. The lowest BCUT2D eigenvalue weighted by atomic mass is 9.77. The standard InChI is InChI=1S/C12H20N4O/c1-12(2)4-3-5-14-10(12)7-15-11(17)9-6-13-8-16-9/h6,8,10,14H,3-5,7H2,1-2H3,(H,13,16)(H,15,17). The number of amides is 1. The SMILES string of the molecule is CC1(C)CCCNC1CNC(=O)c1cnc[nH]1. The molecule has 2 rings (SSSR count). The van der Waals surface area contributed by atoms with Crippen molar-refractivity contribution in [2.24, 2.45) is 5.41 Å². The summed E-state index contributed by atoms with van der Waals surface area (Å²) in [5.74, 6) is -0.0920. The number of aromatic amines is 1. The van der Waals surface area contributed by atoms with Gasteiger partial charge in [-0.3, -0.25) is 4.79 Å². The third-order valence-electron chi connectivity index (χ3n) is 3.54. The van der Waals surface area contributed by atoms with Crippen LogP contribution in [0.15, 0.2) is 12.5 Å². The van der Waals surface area contributed by atoms with Crippen molar-refractivity contribution in [2.75, 3.05) is 13.1 Å². The van der Waals surface area contributed by atoms with Crippen molar-refractivity contribution in [2.45, 2.75) is 32.7 Å². The number of carbonyl (C=O) groups is 1. The van der Waals surface area contributed by atoms with E-state index in [-0.39, 0.29) is 11.3 Å². The predicted molar refractivity (Wildman–Crippen MR) is 65.7 cm³/mol. The van der Waals surface area contributed by atoms with Gasteiger partial charge in [0.1, 0.15) is 5.69 Å². The smallest absolute Gasteiger partial charge is 0.269 e. The summed E-state index contributed by atoms with van der Waals surface area (Å²) >= 11 is 0. The van der Waals surface area contributed by atoms with E-state index in [0.29, 0.717) is 18.3 Å². The third kappa shape index (κ3) is 2.85. The summed E-state index contributed by atoms with van der Waals surface area (Å²) < 4.78 is 0. The predicted octanol–water partition coefficient (Wildman–Crippen LogP) is 0.918. The summed E-state index contributed by atoms with van der Waals surface area (Å²) in [6.45, 7) is 6.18. The molecule has 3 N–H and O–H groups in total. The summed E-state index contributed by atoms with van der Waals surface area (Å²) in [7, 11) is 0. The van der Waals surface area contributed by atoms with Crippen LogP contribution in [-0.4, -0.2) is 35.0 Å². The molecule has 94 valence electrons. The maximum Gasteiger partial charge on any atom is 0.269 e. The van der Waals surface area contributed by atoms with Gasteiger partial charge in [-0.15, -0.1) is 0 Å². The molecular formula is C12H20N4O. The topological polar surface area (TPSA) is 69.8 Å². The van der Waals surface area contributed by atoms with Crippen LogP contribution in [0.1, 0.15) is 37.2 Å². The first-order chi connectivity index (χ1) is 8.09. The molecule has 2 heterocycles. The largest absolute Gasteiger partial charge is 0.349 e. The van der Waals surface area contributed by atoms with Gasteiger partial charge in [-0.25, -0.2) is 4.98 Å². The number of nitrogens with zero attached hydrogens (tertiary/aromatic N) is 1. The fraction of sp³-hybridized carbons (Fsp3) is 0.667. The lowest BCUT2D eigenvalue weighted by molar-refractivity contribution is 0.0924. The van der Waals surface area contributed by atoms with E-state index >= 15 is 0 Å². The molecule has 1 aliphatic heterocycles. The molecule has 0 radical (unpaired) electrons. The van der Waals surface area contributed by atoms with Crippen molar-refractivity contribution in [3.05, 3.63) is 18.2 Å². The Kier molecular flexibility index (Phi) is 3.47. The van der Waals surface area contributed by atoms with E-state index in [2.05, 4.69) is 34.4 Å². The summed E-state index contributed by atoms with van der Waals surface area (Å²) in [5.41, 5.74) is 0.748. The second kappa shape index (κ2) is 4.87. The minimum atomic E-state index is -0.0920. The van der Waals surface area contributed by atoms with Gasteiger partial charge in [-0.05, 0) is 24.8 Å². The van der Waals surface area contributed by atoms with Crippen molar-refractivity contribution in [3.8, 4) is 0 Å².